The Labute approximate surface area is 394 Å². The Kier molecular flexibility index (Phi) is 16.1. The SMILES string of the molecule is CN(CCCC(=O)Nc1nnc(S(N)(=O)=O)s1)S(=O)(=O)c1ccc2c(c1)C(C)(C)C(/C=C/C=C/C=C/C=C1/N(CCCS(=O)(=O)O)c3ccc(S(=O)(=O)O)cc3C1(C)C)=[N+]2CCCS(=O)(=O)O. The van der Waals surface area contributed by atoms with E-state index in [1.165, 1.54) is 31.3 Å². The van der Waals surface area contributed by atoms with Crippen molar-refractivity contribution in [3.05, 3.63) is 95.8 Å². The molecule has 21 nitrogen and oxygen atoms in total. The van der Waals surface area contributed by atoms with Crippen LogP contribution in [0, 0.1) is 0 Å². The molecule has 2 aromatic carbocycles. The molecule has 0 bridgehead atoms. The molecule has 0 radical (unpaired) electrons. The summed E-state index contributed by atoms with van der Waals surface area (Å²) < 4.78 is 152. The Morgan fingerprint density at radius 1 is 0.806 bits per heavy atom. The van der Waals surface area contributed by atoms with Gasteiger partial charge in [0.05, 0.1) is 26.7 Å². The van der Waals surface area contributed by atoms with Crippen molar-refractivity contribution in [1.29, 1.82) is 0 Å². The van der Waals surface area contributed by atoms with Crippen molar-refractivity contribution in [1.82, 2.24) is 14.5 Å². The molecule has 1 aromatic heterocycles. The quantitative estimate of drug-likeness (QED) is 0.0439. The number of nitrogens with one attached hydrogen (secondary N) is 1. The van der Waals surface area contributed by atoms with E-state index in [2.05, 4.69) is 15.5 Å². The molecule has 0 spiro atoms. The predicted molar refractivity (Wildman–Crippen MR) is 252 cm³/mol. The summed E-state index contributed by atoms with van der Waals surface area (Å²) in [5.41, 5.74) is 2.23. The normalized spacial score (nSPS) is 17.2. The number of hydrogen-bond acceptors (Lipinski definition) is 15. The Bertz CT molecular complexity index is 3160. The molecule has 2 aliphatic rings. The highest BCUT2D eigenvalue weighted by Crippen LogP contribution is 2.48. The van der Waals surface area contributed by atoms with E-state index in [1.54, 1.807) is 54.7 Å². The van der Waals surface area contributed by atoms with Gasteiger partial charge in [-0.15, -0.1) is 10.2 Å². The third-order valence-electron chi connectivity index (χ3n) is 11.0. The van der Waals surface area contributed by atoms with Gasteiger partial charge in [0.25, 0.3) is 40.4 Å². The van der Waals surface area contributed by atoms with Crippen LogP contribution in [0.5, 0.6) is 0 Å². The van der Waals surface area contributed by atoms with Crippen LogP contribution >= 0.6 is 11.3 Å². The fraction of sp³-hybridized carbons (Fsp3) is 0.400. The summed E-state index contributed by atoms with van der Waals surface area (Å²) >= 11 is 0.573. The first kappa shape index (κ1) is 53.4. The molecular weight excluding hydrogens is 995 g/mol. The van der Waals surface area contributed by atoms with Crippen LogP contribution in [0.1, 0.15) is 64.5 Å². The highest BCUT2D eigenvalue weighted by atomic mass is 32.2. The lowest BCUT2D eigenvalue weighted by Crippen LogP contribution is -2.30. The highest BCUT2D eigenvalue weighted by molar-refractivity contribution is 7.91. The Morgan fingerprint density at radius 2 is 1.42 bits per heavy atom. The molecule has 0 atom stereocenters. The molecule has 1 amide bonds. The maximum Gasteiger partial charge on any atom is 0.294 e. The minimum Gasteiger partial charge on any atom is -0.344 e. The van der Waals surface area contributed by atoms with Crippen molar-refractivity contribution >= 4 is 89.9 Å². The molecule has 5 rings (SSSR count). The van der Waals surface area contributed by atoms with Gasteiger partial charge in [-0.25, -0.2) is 26.3 Å². The summed E-state index contributed by atoms with van der Waals surface area (Å²) in [5, 5.41) is 14.4. The Balaban J connectivity index is 1.34. The lowest BCUT2D eigenvalue weighted by Gasteiger charge is -2.27. The van der Waals surface area contributed by atoms with Gasteiger partial charge in [-0.1, -0.05) is 55.6 Å². The van der Waals surface area contributed by atoms with E-state index >= 15 is 0 Å². The zero-order valence-electron chi connectivity index (χ0n) is 37.0. The lowest BCUT2D eigenvalue weighted by molar-refractivity contribution is -0.437. The van der Waals surface area contributed by atoms with Crippen molar-refractivity contribution in [3.8, 4) is 0 Å². The second-order valence-corrected chi connectivity index (χ2v) is 26.0. The van der Waals surface area contributed by atoms with Crippen molar-refractivity contribution in [2.45, 2.75) is 78.3 Å². The summed E-state index contributed by atoms with van der Waals surface area (Å²) in [4.78, 5) is 14.0. The molecule has 0 saturated heterocycles. The van der Waals surface area contributed by atoms with Gasteiger partial charge in [-0.3, -0.25) is 18.5 Å². The molecule has 3 aromatic rings. The van der Waals surface area contributed by atoms with Crippen LogP contribution in [-0.2, 0) is 66.0 Å². The summed E-state index contributed by atoms with van der Waals surface area (Å²) in [6.45, 7) is 7.75. The van der Waals surface area contributed by atoms with Crippen molar-refractivity contribution in [3.63, 3.8) is 0 Å². The van der Waals surface area contributed by atoms with E-state index in [4.69, 9.17) is 5.14 Å². The number of carbonyl (C=O) groups excluding carboxylic acids is 1. The van der Waals surface area contributed by atoms with Crippen molar-refractivity contribution < 1.29 is 65.1 Å². The molecule has 0 unspecified atom stereocenters. The molecule has 3 heterocycles. The average Bonchev–Trinajstić information content (AvgIpc) is 3.82. The topological polar surface area (TPSA) is 322 Å². The smallest absolute Gasteiger partial charge is 0.294 e. The first-order valence-electron chi connectivity index (χ1n) is 20.3. The van der Waals surface area contributed by atoms with Gasteiger partial charge >= 0.3 is 0 Å². The summed E-state index contributed by atoms with van der Waals surface area (Å²) in [7, 11) is -19.9. The highest BCUT2D eigenvalue weighted by Gasteiger charge is 2.45. The number of nitrogens with two attached hydrogens (primary N) is 1. The first-order valence-corrected chi connectivity index (χ1v) is 28.7. The van der Waals surface area contributed by atoms with Crippen LogP contribution in [-0.4, -0.2) is 125 Å². The molecule has 2 aliphatic heterocycles. The van der Waals surface area contributed by atoms with Crippen LogP contribution in [0.15, 0.2) is 98.8 Å². The van der Waals surface area contributed by atoms with Gasteiger partial charge in [0, 0.05) is 67.5 Å². The van der Waals surface area contributed by atoms with E-state index in [1.807, 2.05) is 37.2 Å². The number of fused-ring (bicyclic) bond motifs is 2. The number of benzene rings is 2. The van der Waals surface area contributed by atoms with Crippen molar-refractivity contribution in [2.75, 3.05) is 48.4 Å². The minimum absolute atomic E-state index is 0.0256. The molecule has 6 N–H and O–H groups in total. The zero-order valence-corrected chi connectivity index (χ0v) is 41.9. The number of amides is 1. The van der Waals surface area contributed by atoms with Gasteiger partial charge in [-0.2, -0.15) is 29.8 Å². The molecule has 0 fully saturated rings. The fourth-order valence-electron chi connectivity index (χ4n) is 7.73. The van der Waals surface area contributed by atoms with E-state index < -0.39 is 83.0 Å². The van der Waals surface area contributed by atoms with Crippen LogP contribution < -0.4 is 15.4 Å². The van der Waals surface area contributed by atoms with Crippen LogP contribution in [0.2, 0.25) is 0 Å². The van der Waals surface area contributed by atoms with E-state index in [0.717, 1.165) is 4.31 Å². The number of hydrogen-bond donors (Lipinski definition) is 5. The number of nitrogens with zero attached hydrogens (tertiary/aromatic N) is 5. The first-order chi connectivity index (χ1) is 30.8. The van der Waals surface area contributed by atoms with E-state index in [-0.39, 0.29) is 60.2 Å². The van der Waals surface area contributed by atoms with Gasteiger partial charge in [0.2, 0.25) is 31.1 Å². The molecule has 366 valence electrons. The van der Waals surface area contributed by atoms with Gasteiger partial charge in [-0.05, 0) is 68.7 Å². The minimum atomic E-state index is -4.52. The van der Waals surface area contributed by atoms with Gasteiger partial charge in [0.1, 0.15) is 6.54 Å². The zero-order chi connectivity index (χ0) is 50.0. The predicted octanol–water partition coefficient (Wildman–Crippen LogP) is 3.75. The number of sulfonamides is 2. The fourth-order valence-corrected chi connectivity index (χ4v) is 11.8. The van der Waals surface area contributed by atoms with E-state index in [0.29, 0.717) is 45.2 Å². The van der Waals surface area contributed by atoms with Gasteiger partial charge < -0.3 is 10.2 Å². The number of anilines is 2. The molecular formula is C40H52N7O14S6+. The van der Waals surface area contributed by atoms with E-state index in [9.17, 15) is 60.5 Å². The van der Waals surface area contributed by atoms with Crippen LogP contribution in [0.3, 0.4) is 0 Å². The number of rotatable bonds is 21. The lowest BCUT2D eigenvalue weighted by atomic mass is 9.81. The monoisotopic (exact) mass is 1050 g/mol. The molecule has 67 heavy (non-hydrogen) atoms. The van der Waals surface area contributed by atoms with Crippen molar-refractivity contribution in [2.24, 2.45) is 5.14 Å². The number of aromatic nitrogens is 2. The number of allylic oxidation sites excluding steroid dienone is 8. The Morgan fingerprint density at radius 3 is 2.04 bits per heavy atom. The summed E-state index contributed by atoms with van der Waals surface area (Å²) in [5.74, 6) is -1.55. The largest absolute Gasteiger partial charge is 0.344 e. The second-order valence-electron chi connectivity index (χ2n) is 16.6. The maximum absolute atomic E-state index is 13.8. The standard InChI is InChI=1S/C40H51N7O14S6/c1-39(2)30-26-28(66(57,58)45(5)21-11-16-36(48)42-37-43-44-38(62-37)65(41,55)56)17-19-32(30)46(22-12-24-63(49,50)51)34(39)14-9-7-6-8-10-15-35-40(3,4)31-27-29(67(59,60)61)18-20-33(31)47(35)23-13-25-64(52,53)54/h6-10,14-15,17-20,26-27H,11-13,16,21-25H2,1-5H3,(H5-,41,42,43,48,49,50,51,52,53,54,55,56,59,60,61)/p+1. The molecule has 0 saturated carbocycles. The number of carbonyl (C=O) groups is 1. The van der Waals surface area contributed by atoms with Crippen LogP contribution in [0.25, 0.3) is 0 Å². The van der Waals surface area contributed by atoms with Gasteiger partial charge in [0.15, 0.2) is 5.71 Å². The average molecular weight is 1050 g/mol. The third-order valence-corrected chi connectivity index (χ3v) is 17.5. The molecule has 0 aliphatic carbocycles. The Hall–Kier alpha value is -4.55. The molecule has 27 heteroatoms. The summed E-state index contributed by atoms with van der Waals surface area (Å²) in [6.07, 6.45) is 12.4. The third kappa shape index (κ3) is 13.2. The summed E-state index contributed by atoms with van der Waals surface area (Å²) in [6, 6.07) is 8.76. The number of primary sulfonamides is 1. The maximum atomic E-state index is 13.8. The second kappa shape index (κ2) is 20.2. The van der Waals surface area contributed by atoms with Crippen LogP contribution in [0.4, 0.5) is 16.5 Å².